The SMILES string of the molecule is CCNC(c1cc2ccccc2o1)c1cc(Cl)sc1Cl. The molecule has 3 aromatic rings. The van der Waals surface area contributed by atoms with Gasteiger partial charge in [0.2, 0.25) is 0 Å². The van der Waals surface area contributed by atoms with Gasteiger partial charge in [0.25, 0.3) is 0 Å². The van der Waals surface area contributed by atoms with E-state index in [0.717, 1.165) is 28.8 Å². The molecule has 2 heterocycles. The van der Waals surface area contributed by atoms with Gasteiger partial charge in [-0.3, -0.25) is 0 Å². The van der Waals surface area contributed by atoms with Crippen LogP contribution in [0.2, 0.25) is 8.67 Å². The Morgan fingerprint density at radius 3 is 2.70 bits per heavy atom. The van der Waals surface area contributed by atoms with Crippen molar-refractivity contribution in [3.63, 3.8) is 0 Å². The standard InChI is InChI=1S/C15H13Cl2NOS/c1-2-18-14(10-8-13(16)20-15(10)17)12-7-9-5-3-4-6-11(9)19-12/h3-8,14,18H,2H2,1H3. The van der Waals surface area contributed by atoms with Crippen LogP contribution in [-0.2, 0) is 0 Å². The van der Waals surface area contributed by atoms with E-state index in [2.05, 4.69) is 12.2 Å². The van der Waals surface area contributed by atoms with Crippen LogP contribution in [0.3, 0.4) is 0 Å². The molecule has 2 aromatic heterocycles. The van der Waals surface area contributed by atoms with Crippen LogP contribution in [-0.4, -0.2) is 6.54 Å². The molecule has 1 aromatic carbocycles. The Morgan fingerprint density at radius 1 is 1.25 bits per heavy atom. The third-order valence-electron chi connectivity index (χ3n) is 3.13. The molecular weight excluding hydrogens is 313 g/mol. The van der Waals surface area contributed by atoms with E-state index in [1.807, 2.05) is 36.4 Å². The lowest BCUT2D eigenvalue weighted by Gasteiger charge is -2.14. The minimum Gasteiger partial charge on any atom is -0.459 e. The maximum atomic E-state index is 6.28. The predicted octanol–water partition coefficient (Wildman–Crippen LogP) is 5.50. The number of halogens is 2. The average Bonchev–Trinajstić information content (AvgIpc) is 2.99. The maximum Gasteiger partial charge on any atom is 0.134 e. The fraction of sp³-hybridized carbons (Fsp3) is 0.200. The highest BCUT2D eigenvalue weighted by atomic mass is 35.5. The van der Waals surface area contributed by atoms with E-state index in [1.165, 1.54) is 11.3 Å². The summed E-state index contributed by atoms with van der Waals surface area (Å²) in [5.74, 6) is 0.851. The molecule has 0 fully saturated rings. The predicted molar refractivity (Wildman–Crippen MR) is 86.1 cm³/mol. The minimum atomic E-state index is -0.0800. The fourth-order valence-corrected chi connectivity index (χ4v) is 3.79. The Morgan fingerprint density at radius 2 is 2.05 bits per heavy atom. The molecule has 1 atom stereocenters. The van der Waals surface area contributed by atoms with E-state index in [1.54, 1.807) is 0 Å². The van der Waals surface area contributed by atoms with E-state index in [0.29, 0.717) is 8.67 Å². The summed E-state index contributed by atoms with van der Waals surface area (Å²) in [4.78, 5) is 0. The van der Waals surface area contributed by atoms with Gasteiger partial charge in [-0.25, -0.2) is 0 Å². The summed E-state index contributed by atoms with van der Waals surface area (Å²) in [7, 11) is 0. The van der Waals surface area contributed by atoms with Crippen LogP contribution in [0.1, 0.15) is 24.3 Å². The summed E-state index contributed by atoms with van der Waals surface area (Å²) in [5.41, 5.74) is 1.84. The first-order chi connectivity index (χ1) is 9.69. The molecule has 0 saturated carbocycles. The first-order valence-corrected chi connectivity index (χ1v) is 7.93. The second-order valence-electron chi connectivity index (χ2n) is 4.46. The van der Waals surface area contributed by atoms with Crippen molar-refractivity contribution in [2.75, 3.05) is 6.54 Å². The number of hydrogen-bond acceptors (Lipinski definition) is 3. The van der Waals surface area contributed by atoms with Gasteiger partial charge < -0.3 is 9.73 Å². The van der Waals surface area contributed by atoms with Crippen LogP contribution in [0.25, 0.3) is 11.0 Å². The summed E-state index contributed by atoms with van der Waals surface area (Å²) in [6, 6.07) is 11.8. The van der Waals surface area contributed by atoms with Gasteiger partial charge in [-0.2, -0.15) is 0 Å². The van der Waals surface area contributed by atoms with E-state index < -0.39 is 0 Å². The number of thiophene rings is 1. The van der Waals surface area contributed by atoms with Crippen LogP contribution >= 0.6 is 34.5 Å². The molecule has 20 heavy (non-hydrogen) atoms. The van der Waals surface area contributed by atoms with Crippen molar-refractivity contribution in [2.45, 2.75) is 13.0 Å². The van der Waals surface area contributed by atoms with Gasteiger partial charge >= 0.3 is 0 Å². The van der Waals surface area contributed by atoms with Crippen molar-refractivity contribution in [2.24, 2.45) is 0 Å². The van der Waals surface area contributed by atoms with Crippen molar-refractivity contribution >= 4 is 45.5 Å². The number of hydrogen-bond donors (Lipinski definition) is 1. The molecule has 0 aliphatic rings. The Balaban J connectivity index is 2.08. The van der Waals surface area contributed by atoms with E-state index in [9.17, 15) is 0 Å². The maximum absolute atomic E-state index is 6.28. The van der Waals surface area contributed by atoms with Gasteiger partial charge in [-0.15, -0.1) is 11.3 Å². The second-order valence-corrected chi connectivity index (χ2v) is 6.74. The third-order valence-corrected chi connectivity index (χ3v) is 4.65. The van der Waals surface area contributed by atoms with Crippen molar-refractivity contribution in [1.82, 2.24) is 5.32 Å². The highest BCUT2D eigenvalue weighted by Gasteiger charge is 2.22. The highest BCUT2D eigenvalue weighted by Crippen LogP contribution is 2.38. The summed E-state index contributed by atoms with van der Waals surface area (Å²) in [6.07, 6.45) is 0. The lowest BCUT2D eigenvalue weighted by Crippen LogP contribution is -2.21. The summed E-state index contributed by atoms with van der Waals surface area (Å²) < 4.78 is 7.32. The topological polar surface area (TPSA) is 25.2 Å². The summed E-state index contributed by atoms with van der Waals surface area (Å²) >= 11 is 13.7. The number of furan rings is 1. The van der Waals surface area contributed by atoms with E-state index >= 15 is 0 Å². The van der Waals surface area contributed by atoms with E-state index in [-0.39, 0.29) is 6.04 Å². The second kappa shape index (κ2) is 5.78. The molecule has 1 N–H and O–H groups in total. The molecule has 0 aliphatic heterocycles. The van der Waals surface area contributed by atoms with Crippen LogP contribution in [0.5, 0.6) is 0 Å². The summed E-state index contributed by atoms with van der Waals surface area (Å²) in [5, 5.41) is 4.49. The largest absolute Gasteiger partial charge is 0.459 e. The molecule has 0 aliphatic carbocycles. The van der Waals surface area contributed by atoms with Crippen LogP contribution in [0.15, 0.2) is 40.8 Å². The molecule has 0 spiro atoms. The zero-order chi connectivity index (χ0) is 14.1. The zero-order valence-electron chi connectivity index (χ0n) is 10.8. The normalized spacial score (nSPS) is 12.9. The smallest absolute Gasteiger partial charge is 0.134 e. The molecule has 5 heteroatoms. The Labute approximate surface area is 131 Å². The van der Waals surface area contributed by atoms with Crippen molar-refractivity contribution < 1.29 is 4.42 Å². The molecule has 3 rings (SSSR count). The number of fused-ring (bicyclic) bond motifs is 1. The quantitative estimate of drug-likeness (QED) is 0.685. The molecule has 104 valence electrons. The van der Waals surface area contributed by atoms with Crippen molar-refractivity contribution in [3.8, 4) is 0 Å². The molecular formula is C15H13Cl2NOS. The average molecular weight is 326 g/mol. The van der Waals surface area contributed by atoms with Gasteiger partial charge in [0.05, 0.1) is 14.7 Å². The Bertz CT molecular complexity index is 701. The highest BCUT2D eigenvalue weighted by molar-refractivity contribution is 7.20. The van der Waals surface area contributed by atoms with Crippen LogP contribution in [0, 0.1) is 0 Å². The van der Waals surface area contributed by atoms with Crippen molar-refractivity contribution in [3.05, 3.63) is 56.4 Å². The van der Waals surface area contributed by atoms with Crippen LogP contribution < -0.4 is 5.32 Å². The van der Waals surface area contributed by atoms with Gasteiger partial charge in [0.15, 0.2) is 0 Å². The first kappa shape index (κ1) is 14.0. The molecule has 1 unspecified atom stereocenters. The fourth-order valence-electron chi connectivity index (χ4n) is 2.26. The minimum absolute atomic E-state index is 0.0800. The lowest BCUT2D eigenvalue weighted by molar-refractivity contribution is 0.478. The molecule has 0 radical (unpaired) electrons. The van der Waals surface area contributed by atoms with Gasteiger partial charge in [0, 0.05) is 10.9 Å². The van der Waals surface area contributed by atoms with Gasteiger partial charge in [-0.1, -0.05) is 48.3 Å². The number of para-hydroxylation sites is 1. The Hall–Kier alpha value is -1.00. The zero-order valence-corrected chi connectivity index (χ0v) is 13.1. The van der Waals surface area contributed by atoms with Crippen LogP contribution in [0.4, 0.5) is 0 Å². The third kappa shape index (κ3) is 2.59. The number of rotatable bonds is 4. The lowest BCUT2D eigenvalue weighted by atomic mass is 10.1. The van der Waals surface area contributed by atoms with Crippen molar-refractivity contribution in [1.29, 1.82) is 0 Å². The monoisotopic (exact) mass is 325 g/mol. The number of nitrogens with one attached hydrogen (secondary N) is 1. The molecule has 2 nitrogen and oxygen atoms in total. The molecule has 0 bridgehead atoms. The van der Waals surface area contributed by atoms with Gasteiger partial charge in [-0.05, 0) is 24.7 Å². The summed E-state index contributed by atoms with van der Waals surface area (Å²) in [6.45, 7) is 2.86. The molecule has 0 amide bonds. The van der Waals surface area contributed by atoms with E-state index in [4.69, 9.17) is 27.6 Å². The van der Waals surface area contributed by atoms with Gasteiger partial charge in [0.1, 0.15) is 11.3 Å². The first-order valence-electron chi connectivity index (χ1n) is 6.35. The molecule has 0 saturated heterocycles. The Kier molecular flexibility index (Phi) is 4.03. The number of benzene rings is 1.